The Bertz CT molecular complexity index is 1110. The highest BCUT2D eigenvalue weighted by Crippen LogP contribution is 2.29. The van der Waals surface area contributed by atoms with Crippen molar-refractivity contribution in [3.05, 3.63) is 64.4 Å². The largest absolute Gasteiger partial charge is 0.410 e. The fourth-order valence-corrected chi connectivity index (χ4v) is 3.45. The molecule has 3 aromatic heterocycles. The summed E-state index contributed by atoms with van der Waals surface area (Å²) >= 11 is 7.18. The minimum absolute atomic E-state index is 0.170. The summed E-state index contributed by atoms with van der Waals surface area (Å²) in [7, 11) is 0. The predicted octanol–water partition coefficient (Wildman–Crippen LogP) is 4.92. The van der Waals surface area contributed by atoms with Crippen molar-refractivity contribution < 1.29 is 13.2 Å². The van der Waals surface area contributed by atoms with E-state index in [4.69, 9.17) is 16.0 Å². The number of benzene rings is 1. The average Bonchev–Trinajstić information content (AvgIpc) is 3.18. The summed E-state index contributed by atoms with van der Waals surface area (Å²) in [6.07, 6.45) is 1.71. The van der Waals surface area contributed by atoms with Gasteiger partial charge in [0.1, 0.15) is 23.0 Å². The van der Waals surface area contributed by atoms with Gasteiger partial charge in [0, 0.05) is 17.5 Å². The number of hydrogen-bond donors (Lipinski definition) is 0. The predicted molar refractivity (Wildman–Crippen MR) is 94.2 cm³/mol. The first-order valence-corrected chi connectivity index (χ1v) is 8.92. The fourth-order valence-electron chi connectivity index (χ4n) is 2.55. The van der Waals surface area contributed by atoms with Crippen LogP contribution >= 0.6 is 23.4 Å². The van der Waals surface area contributed by atoms with Gasteiger partial charge in [0.15, 0.2) is 0 Å². The third kappa shape index (κ3) is 3.17. The molecule has 9 heteroatoms. The summed E-state index contributed by atoms with van der Waals surface area (Å²) < 4.78 is 34.4. The lowest BCUT2D eigenvalue weighted by atomic mass is 10.2. The van der Waals surface area contributed by atoms with Gasteiger partial charge in [-0.15, -0.1) is 10.2 Å². The Balaban J connectivity index is 1.62. The van der Waals surface area contributed by atoms with Gasteiger partial charge in [-0.25, -0.2) is 13.8 Å². The Morgan fingerprint density at radius 2 is 2.04 bits per heavy atom. The third-order valence-corrected chi connectivity index (χ3v) is 4.82. The molecule has 0 atom stereocenters. The molecule has 0 unspecified atom stereocenters. The molecule has 4 aromatic rings. The number of fused-ring (bicyclic) bond motifs is 1. The SMILES string of the molecule is Cc1nc2ccc(Cl)cn2c1-c1nnc(SCc2cc(F)ccc2F)o1. The van der Waals surface area contributed by atoms with E-state index in [0.29, 0.717) is 22.1 Å². The van der Waals surface area contributed by atoms with E-state index < -0.39 is 11.6 Å². The van der Waals surface area contributed by atoms with E-state index in [1.807, 2.05) is 6.92 Å². The van der Waals surface area contributed by atoms with Crippen molar-refractivity contribution in [2.75, 3.05) is 0 Å². The van der Waals surface area contributed by atoms with E-state index >= 15 is 0 Å². The van der Waals surface area contributed by atoms with Crippen molar-refractivity contribution >= 4 is 29.0 Å². The van der Waals surface area contributed by atoms with Gasteiger partial charge in [0.05, 0.1) is 10.7 Å². The molecule has 0 aliphatic heterocycles. The first-order valence-electron chi connectivity index (χ1n) is 7.56. The van der Waals surface area contributed by atoms with Crippen LogP contribution in [0.3, 0.4) is 0 Å². The molecule has 0 aliphatic rings. The Kier molecular flexibility index (Phi) is 4.37. The van der Waals surface area contributed by atoms with E-state index in [0.717, 1.165) is 30.0 Å². The van der Waals surface area contributed by atoms with Crippen LogP contribution in [0.4, 0.5) is 8.78 Å². The quantitative estimate of drug-likeness (QED) is 0.461. The van der Waals surface area contributed by atoms with Crippen molar-refractivity contribution in [2.45, 2.75) is 17.9 Å². The summed E-state index contributed by atoms with van der Waals surface area (Å²) in [5, 5.41) is 8.81. The zero-order valence-electron chi connectivity index (χ0n) is 13.4. The number of pyridine rings is 1. The van der Waals surface area contributed by atoms with Crippen LogP contribution in [0, 0.1) is 18.6 Å². The van der Waals surface area contributed by atoms with Gasteiger partial charge in [-0.2, -0.15) is 0 Å². The third-order valence-electron chi connectivity index (χ3n) is 3.72. The highest BCUT2D eigenvalue weighted by atomic mass is 35.5. The highest BCUT2D eigenvalue weighted by Gasteiger charge is 2.18. The molecular formula is C17H11ClF2N4OS. The summed E-state index contributed by atoms with van der Waals surface area (Å²) in [6, 6.07) is 6.85. The van der Waals surface area contributed by atoms with Crippen LogP contribution < -0.4 is 0 Å². The van der Waals surface area contributed by atoms with Crippen molar-refractivity contribution in [1.82, 2.24) is 19.6 Å². The van der Waals surface area contributed by atoms with Gasteiger partial charge in [-0.05, 0) is 37.3 Å². The second-order valence-electron chi connectivity index (χ2n) is 5.52. The van der Waals surface area contributed by atoms with Gasteiger partial charge in [-0.1, -0.05) is 23.4 Å². The van der Waals surface area contributed by atoms with E-state index in [2.05, 4.69) is 15.2 Å². The average molecular weight is 393 g/mol. The number of imidazole rings is 1. The van der Waals surface area contributed by atoms with Crippen molar-refractivity contribution in [3.8, 4) is 11.6 Å². The van der Waals surface area contributed by atoms with Crippen LogP contribution in [-0.4, -0.2) is 19.6 Å². The molecule has 0 spiro atoms. The molecule has 0 saturated heterocycles. The van der Waals surface area contributed by atoms with Crippen molar-refractivity contribution in [2.24, 2.45) is 0 Å². The lowest BCUT2D eigenvalue weighted by Crippen LogP contribution is -1.89. The number of halogens is 3. The van der Waals surface area contributed by atoms with Gasteiger partial charge in [0.2, 0.25) is 0 Å². The molecule has 0 N–H and O–H groups in total. The fraction of sp³-hybridized carbons (Fsp3) is 0.118. The second kappa shape index (κ2) is 6.69. The summed E-state index contributed by atoms with van der Waals surface area (Å²) in [5.41, 5.74) is 2.28. The van der Waals surface area contributed by atoms with Gasteiger partial charge < -0.3 is 4.42 Å². The molecule has 0 amide bonds. The molecule has 4 rings (SSSR count). The topological polar surface area (TPSA) is 56.2 Å². The molecule has 132 valence electrons. The van der Waals surface area contributed by atoms with Crippen LogP contribution in [-0.2, 0) is 5.75 Å². The lowest BCUT2D eigenvalue weighted by Gasteiger charge is -2.01. The Labute approximate surface area is 156 Å². The normalized spacial score (nSPS) is 11.4. The maximum absolute atomic E-state index is 13.7. The van der Waals surface area contributed by atoms with Gasteiger partial charge in [-0.3, -0.25) is 4.40 Å². The molecule has 0 fully saturated rings. The maximum atomic E-state index is 13.7. The van der Waals surface area contributed by atoms with E-state index in [1.165, 1.54) is 0 Å². The van der Waals surface area contributed by atoms with E-state index in [9.17, 15) is 8.78 Å². The number of thioether (sulfide) groups is 1. The minimum Gasteiger partial charge on any atom is -0.410 e. The Morgan fingerprint density at radius 3 is 2.88 bits per heavy atom. The summed E-state index contributed by atoms with van der Waals surface area (Å²) in [4.78, 5) is 4.43. The first kappa shape index (κ1) is 17.0. The van der Waals surface area contributed by atoms with Gasteiger partial charge >= 0.3 is 0 Å². The van der Waals surface area contributed by atoms with E-state index in [1.54, 1.807) is 22.7 Å². The smallest absolute Gasteiger partial charge is 0.277 e. The van der Waals surface area contributed by atoms with Crippen LogP contribution in [0.2, 0.25) is 5.02 Å². The molecule has 3 heterocycles. The summed E-state index contributed by atoms with van der Waals surface area (Å²) in [6.45, 7) is 1.83. The molecule has 26 heavy (non-hydrogen) atoms. The molecular weight excluding hydrogens is 382 g/mol. The monoisotopic (exact) mass is 392 g/mol. The van der Waals surface area contributed by atoms with Crippen LogP contribution in [0.1, 0.15) is 11.3 Å². The van der Waals surface area contributed by atoms with Crippen molar-refractivity contribution in [3.63, 3.8) is 0 Å². The summed E-state index contributed by atoms with van der Waals surface area (Å²) in [5.74, 6) is -0.528. The molecule has 0 bridgehead atoms. The molecule has 0 aliphatic carbocycles. The maximum Gasteiger partial charge on any atom is 0.277 e. The van der Waals surface area contributed by atoms with E-state index in [-0.39, 0.29) is 22.4 Å². The van der Waals surface area contributed by atoms with Crippen LogP contribution in [0.25, 0.3) is 17.2 Å². The zero-order chi connectivity index (χ0) is 18.3. The molecule has 0 radical (unpaired) electrons. The van der Waals surface area contributed by atoms with Crippen LogP contribution in [0.15, 0.2) is 46.2 Å². The second-order valence-corrected chi connectivity index (χ2v) is 6.88. The minimum atomic E-state index is -0.494. The van der Waals surface area contributed by atoms with Crippen molar-refractivity contribution in [1.29, 1.82) is 0 Å². The first-order chi connectivity index (χ1) is 12.5. The molecule has 5 nitrogen and oxygen atoms in total. The zero-order valence-corrected chi connectivity index (χ0v) is 15.0. The Hall–Kier alpha value is -2.45. The number of aromatic nitrogens is 4. The standard InChI is InChI=1S/C17H11ClF2N4OS/c1-9-15(24-7-11(18)2-5-14(24)21-9)16-22-23-17(25-16)26-8-10-6-12(19)3-4-13(10)20/h2-7H,8H2,1H3. The van der Waals surface area contributed by atoms with Crippen LogP contribution in [0.5, 0.6) is 0 Å². The number of rotatable bonds is 4. The van der Waals surface area contributed by atoms with Gasteiger partial charge in [0.25, 0.3) is 11.1 Å². The number of aryl methyl sites for hydroxylation is 1. The highest BCUT2D eigenvalue weighted by molar-refractivity contribution is 7.98. The molecule has 1 aromatic carbocycles. The Morgan fingerprint density at radius 1 is 1.19 bits per heavy atom. The number of hydrogen-bond acceptors (Lipinski definition) is 5. The lowest BCUT2D eigenvalue weighted by molar-refractivity contribution is 0.463. The molecule has 0 saturated carbocycles. The number of nitrogens with zero attached hydrogens (tertiary/aromatic N) is 4.